The first-order valence-corrected chi connectivity index (χ1v) is 7.94. The zero-order valence-electron chi connectivity index (χ0n) is 13.0. The SMILES string of the molecule is N#CCCC1=C(CCC#N)CC(CCC#N)C(CCC#N)C1. The molecule has 0 aromatic heterocycles. The third-order valence-corrected chi connectivity index (χ3v) is 4.51. The van der Waals surface area contributed by atoms with Gasteiger partial charge in [-0.05, 0) is 50.4 Å². The Bertz CT molecular complexity index is 498. The Morgan fingerprint density at radius 1 is 0.636 bits per heavy atom. The first-order chi connectivity index (χ1) is 10.8. The van der Waals surface area contributed by atoms with Gasteiger partial charge in [-0.2, -0.15) is 21.0 Å². The molecule has 0 saturated carbocycles. The summed E-state index contributed by atoms with van der Waals surface area (Å²) < 4.78 is 0. The van der Waals surface area contributed by atoms with E-state index >= 15 is 0 Å². The minimum Gasteiger partial charge on any atom is -0.198 e. The summed E-state index contributed by atoms with van der Waals surface area (Å²) in [6.07, 6.45) is 7.29. The third kappa shape index (κ3) is 5.60. The molecule has 1 aliphatic rings. The van der Waals surface area contributed by atoms with Crippen LogP contribution in [0.25, 0.3) is 0 Å². The van der Waals surface area contributed by atoms with Crippen LogP contribution in [0.2, 0.25) is 0 Å². The molecule has 0 heterocycles. The molecule has 114 valence electrons. The first kappa shape index (κ1) is 17.8. The molecule has 1 aliphatic carbocycles. The van der Waals surface area contributed by atoms with Crippen LogP contribution in [0.4, 0.5) is 0 Å². The van der Waals surface area contributed by atoms with E-state index in [1.807, 2.05) is 0 Å². The van der Waals surface area contributed by atoms with Crippen LogP contribution in [0.5, 0.6) is 0 Å². The molecule has 0 aromatic rings. The molecule has 2 unspecified atom stereocenters. The molecule has 22 heavy (non-hydrogen) atoms. The van der Waals surface area contributed by atoms with Gasteiger partial charge in [0.2, 0.25) is 0 Å². The summed E-state index contributed by atoms with van der Waals surface area (Å²) in [7, 11) is 0. The molecule has 0 saturated heterocycles. The van der Waals surface area contributed by atoms with Crippen molar-refractivity contribution in [1.29, 1.82) is 21.0 Å². The lowest BCUT2D eigenvalue weighted by molar-refractivity contribution is 0.271. The van der Waals surface area contributed by atoms with Crippen LogP contribution in [0.1, 0.15) is 64.2 Å². The van der Waals surface area contributed by atoms with Gasteiger partial charge in [0, 0.05) is 25.7 Å². The van der Waals surface area contributed by atoms with E-state index in [-0.39, 0.29) is 0 Å². The largest absolute Gasteiger partial charge is 0.198 e. The molecule has 1 rings (SSSR count). The Morgan fingerprint density at radius 3 is 1.32 bits per heavy atom. The highest BCUT2D eigenvalue weighted by molar-refractivity contribution is 5.21. The van der Waals surface area contributed by atoms with Crippen molar-refractivity contribution in [3.8, 4) is 24.3 Å². The lowest BCUT2D eigenvalue weighted by Crippen LogP contribution is -2.22. The van der Waals surface area contributed by atoms with Gasteiger partial charge in [-0.15, -0.1) is 0 Å². The maximum absolute atomic E-state index is 8.84. The van der Waals surface area contributed by atoms with Gasteiger partial charge in [-0.25, -0.2) is 0 Å². The predicted octanol–water partition coefficient (Wildman–Crippen LogP) is 4.52. The topological polar surface area (TPSA) is 95.2 Å². The lowest BCUT2D eigenvalue weighted by atomic mass is 9.70. The number of hydrogen-bond acceptors (Lipinski definition) is 4. The second-order valence-electron chi connectivity index (χ2n) is 5.85. The first-order valence-electron chi connectivity index (χ1n) is 7.94. The summed E-state index contributed by atoms with van der Waals surface area (Å²) in [4.78, 5) is 0. The fraction of sp³-hybridized carbons (Fsp3) is 0.667. The van der Waals surface area contributed by atoms with Gasteiger partial charge in [0.05, 0.1) is 24.3 Å². The second-order valence-corrected chi connectivity index (χ2v) is 5.85. The van der Waals surface area contributed by atoms with Crippen LogP contribution in [0.3, 0.4) is 0 Å². The minimum atomic E-state index is 0.438. The van der Waals surface area contributed by atoms with Gasteiger partial charge in [0.15, 0.2) is 0 Å². The fourth-order valence-corrected chi connectivity index (χ4v) is 3.40. The van der Waals surface area contributed by atoms with E-state index in [9.17, 15) is 0 Å². The van der Waals surface area contributed by atoms with Crippen LogP contribution >= 0.6 is 0 Å². The van der Waals surface area contributed by atoms with Gasteiger partial charge < -0.3 is 0 Å². The van der Waals surface area contributed by atoms with Crippen molar-refractivity contribution in [1.82, 2.24) is 0 Å². The maximum Gasteiger partial charge on any atom is 0.0625 e. The van der Waals surface area contributed by atoms with E-state index in [0.717, 1.165) is 38.5 Å². The molecule has 0 N–H and O–H groups in total. The summed E-state index contributed by atoms with van der Waals surface area (Å²) in [5, 5.41) is 35.3. The van der Waals surface area contributed by atoms with Crippen molar-refractivity contribution in [2.75, 3.05) is 0 Å². The average molecular weight is 294 g/mol. The molecular formula is C18H22N4. The molecule has 0 radical (unpaired) electrons. The van der Waals surface area contributed by atoms with Crippen molar-refractivity contribution >= 4 is 0 Å². The van der Waals surface area contributed by atoms with Crippen LogP contribution in [-0.2, 0) is 0 Å². The summed E-state index contributed by atoms with van der Waals surface area (Å²) >= 11 is 0. The average Bonchev–Trinajstić information content (AvgIpc) is 2.55. The Morgan fingerprint density at radius 2 is 1.00 bits per heavy atom. The molecule has 2 atom stereocenters. The molecule has 4 heteroatoms. The molecular weight excluding hydrogens is 272 g/mol. The van der Waals surface area contributed by atoms with Gasteiger partial charge in [0.25, 0.3) is 0 Å². The second kappa shape index (κ2) is 10.4. The third-order valence-electron chi connectivity index (χ3n) is 4.51. The highest BCUT2D eigenvalue weighted by atomic mass is 14.4. The van der Waals surface area contributed by atoms with E-state index in [0.29, 0.717) is 37.5 Å². The Labute approximate surface area is 133 Å². The van der Waals surface area contributed by atoms with Crippen molar-refractivity contribution in [3.05, 3.63) is 11.1 Å². The molecule has 0 fully saturated rings. The van der Waals surface area contributed by atoms with E-state index < -0.39 is 0 Å². The molecule has 0 bridgehead atoms. The number of allylic oxidation sites excluding steroid dienone is 2. The summed E-state index contributed by atoms with van der Waals surface area (Å²) in [6.45, 7) is 0. The number of nitrogens with zero attached hydrogens (tertiary/aromatic N) is 4. The maximum atomic E-state index is 8.84. The molecule has 0 amide bonds. The van der Waals surface area contributed by atoms with Gasteiger partial charge >= 0.3 is 0 Å². The number of rotatable bonds is 8. The minimum absolute atomic E-state index is 0.438. The van der Waals surface area contributed by atoms with E-state index in [1.165, 1.54) is 11.1 Å². The van der Waals surface area contributed by atoms with Crippen LogP contribution < -0.4 is 0 Å². The normalized spacial score (nSPS) is 20.5. The quantitative estimate of drug-likeness (QED) is 0.614. The van der Waals surface area contributed by atoms with Crippen molar-refractivity contribution in [3.63, 3.8) is 0 Å². The van der Waals surface area contributed by atoms with Crippen LogP contribution in [-0.4, -0.2) is 0 Å². The smallest absolute Gasteiger partial charge is 0.0625 e. The van der Waals surface area contributed by atoms with Crippen LogP contribution in [0, 0.1) is 57.2 Å². The van der Waals surface area contributed by atoms with E-state index in [1.54, 1.807) is 0 Å². The fourth-order valence-electron chi connectivity index (χ4n) is 3.40. The summed E-state index contributed by atoms with van der Waals surface area (Å²) in [5.74, 6) is 0.875. The van der Waals surface area contributed by atoms with Gasteiger partial charge in [0.1, 0.15) is 0 Å². The van der Waals surface area contributed by atoms with Crippen LogP contribution in [0.15, 0.2) is 11.1 Å². The van der Waals surface area contributed by atoms with Crippen molar-refractivity contribution in [2.24, 2.45) is 11.8 Å². The summed E-state index contributed by atoms with van der Waals surface area (Å²) in [6, 6.07) is 8.84. The zero-order valence-corrected chi connectivity index (χ0v) is 13.0. The number of nitriles is 4. The van der Waals surface area contributed by atoms with Crippen molar-refractivity contribution in [2.45, 2.75) is 64.2 Å². The molecule has 0 aliphatic heterocycles. The monoisotopic (exact) mass is 294 g/mol. The Kier molecular flexibility index (Phi) is 8.42. The summed E-state index contributed by atoms with van der Waals surface area (Å²) in [5.41, 5.74) is 2.65. The number of hydrogen-bond donors (Lipinski definition) is 0. The molecule has 0 spiro atoms. The van der Waals surface area contributed by atoms with Gasteiger partial charge in [-0.1, -0.05) is 11.1 Å². The Hall–Kier alpha value is -2.30. The van der Waals surface area contributed by atoms with Gasteiger partial charge in [-0.3, -0.25) is 0 Å². The standard InChI is InChI=1S/C18H22N4/c19-9-1-5-15-13-17(7-3-11-21)18(8-4-12-22)14-16(15)6-2-10-20/h15-16H,1-8,13-14H2. The highest BCUT2D eigenvalue weighted by Gasteiger charge is 2.29. The Balaban J connectivity index is 2.89. The highest BCUT2D eigenvalue weighted by Crippen LogP contribution is 2.42. The van der Waals surface area contributed by atoms with E-state index in [2.05, 4.69) is 24.3 Å². The van der Waals surface area contributed by atoms with E-state index in [4.69, 9.17) is 21.0 Å². The zero-order chi connectivity index (χ0) is 16.2. The van der Waals surface area contributed by atoms with Crippen molar-refractivity contribution < 1.29 is 0 Å². The predicted molar refractivity (Wildman–Crippen MR) is 82.6 cm³/mol. The molecule has 4 nitrogen and oxygen atoms in total. The molecule has 0 aromatic carbocycles. The lowest BCUT2D eigenvalue weighted by Gasteiger charge is -2.34.